The molecule has 1 aliphatic heterocycles. The van der Waals surface area contributed by atoms with Crippen LogP contribution in [0.4, 0.5) is 0 Å². The second-order valence-electron chi connectivity index (χ2n) is 23.4. The van der Waals surface area contributed by atoms with Crippen molar-refractivity contribution in [3.05, 3.63) is 46.5 Å². The lowest BCUT2D eigenvalue weighted by atomic mass is 9.33. The Balaban J connectivity index is 0.947. The number of fused-ring (bicyclic) bond motifs is 7. The summed E-state index contributed by atoms with van der Waals surface area (Å²) in [6.45, 7) is 24.4. The molecule has 8 rings (SSSR count). The Morgan fingerprint density at radius 3 is 2.15 bits per heavy atom. The third kappa shape index (κ3) is 7.31. The van der Waals surface area contributed by atoms with Gasteiger partial charge in [-0.05, 0) is 133 Å². The SMILES string of the molecule is CC(C)C1=C2[C@H]3CC[C@@H]4[C@@]5(C)CC[C@H](OC(=O)[C@H]6C[C@@H](C(=O)O)C6(C)C)C(C)(C)[C@@H]5CC[C@@]4(C)[C@]3(C)CC[C@@]2(CCNCc2ccc(CN3CCS(=O)(=O)CC3)cc2)CC1=O. The molecule has 0 radical (unpaired) electrons. The molecule has 0 bridgehead atoms. The predicted molar refractivity (Wildman–Crippen MR) is 239 cm³/mol. The van der Waals surface area contributed by atoms with Crippen molar-refractivity contribution in [3.8, 4) is 0 Å². The minimum Gasteiger partial charge on any atom is -0.481 e. The largest absolute Gasteiger partial charge is 0.481 e. The zero-order chi connectivity index (χ0) is 44.1. The lowest BCUT2D eigenvalue weighted by Gasteiger charge is -2.72. The topological polar surface area (TPSA) is 130 Å². The number of nitrogens with one attached hydrogen (secondary N) is 1. The minimum absolute atomic E-state index is 0.0760. The van der Waals surface area contributed by atoms with Crippen LogP contribution >= 0.6 is 0 Å². The number of Topliss-reactive ketones (excluding diaryl/α,β-unsaturated/α-hetero) is 1. The van der Waals surface area contributed by atoms with E-state index in [1.807, 2.05) is 13.8 Å². The maximum atomic E-state index is 14.2. The summed E-state index contributed by atoms with van der Waals surface area (Å²) in [6.07, 6.45) is 10.5. The van der Waals surface area contributed by atoms with Gasteiger partial charge in [-0.1, -0.05) is 92.2 Å². The highest BCUT2D eigenvalue weighted by Crippen LogP contribution is 2.77. The van der Waals surface area contributed by atoms with E-state index in [-0.39, 0.29) is 62.5 Å². The molecule has 1 aromatic rings. The zero-order valence-electron chi connectivity index (χ0n) is 38.8. The average molecular weight is 861 g/mol. The fourth-order valence-corrected chi connectivity index (χ4v) is 17.0. The first-order valence-corrected chi connectivity index (χ1v) is 25.7. The van der Waals surface area contributed by atoms with E-state index in [1.54, 1.807) is 0 Å². The zero-order valence-corrected chi connectivity index (χ0v) is 39.6. The number of carboxylic acids is 1. The van der Waals surface area contributed by atoms with Gasteiger partial charge in [0.15, 0.2) is 15.6 Å². The number of esters is 1. The van der Waals surface area contributed by atoms with Gasteiger partial charge in [0.2, 0.25) is 0 Å². The van der Waals surface area contributed by atoms with Crippen LogP contribution in [0.15, 0.2) is 35.4 Å². The molecular weight excluding hydrogens is 785 g/mol. The van der Waals surface area contributed by atoms with Crippen LogP contribution in [-0.2, 0) is 42.0 Å². The molecule has 6 aliphatic carbocycles. The maximum Gasteiger partial charge on any atom is 0.309 e. The number of carbonyl (C=O) groups excluding carboxylic acids is 2. The minimum atomic E-state index is -2.88. The molecule has 0 unspecified atom stereocenters. The summed E-state index contributed by atoms with van der Waals surface area (Å²) < 4.78 is 30.2. The average Bonchev–Trinajstić information content (AvgIpc) is 3.48. The number of benzene rings is 1. The second-order valence-corrected chi connectivity index (χ2v) is 25.7. The quantitative estimate of drug-likeness (QED) is 0.165. The van der Waals surface area contributed by atoms with Gasteiger partial charge in [0, 0.05) is 43.4 Å². The molecule has 10 heteroatoms. The van der Waals surface area contributed by atoms with Crippen molar-refractivity contribution in [3.63, 3.8) is 0 Å². The van der Waals surface area contributed by atoms with Gasteiger partial charge in [-0.3, -0.25) is 19.3 Å². The maximum absolute atomic E-state index is 14.2. The molecule has 7 aliphatic rings. The Kier molecular flexibility index (Phi) is 11.5. The molecule has 0 spiro atoms. The van der Waals surface area contributed by atoms with Crippen molar-refractivity contribution in [2.45, 2.75) is 152 Å². The summed E-state index contributed by atoms with van der Waals surface area (Å²) in [5.74, 6) is 0.571. The fourth-order valence-electron chi connectivity index (χ4n) is 15.7. The number of ether oxygens (including phenoxy) is 1. The van der Waals surface area contributed by atoms with Crippen LogP contribution in [0.1, 0.15) is 144 Å². The number of rotatable bonds is 11. The number of nitrogens with zero attached hydrogens (tertiary/aromatic N) is 1. The molecule has 0 amide bonds. The number of carboxylic acid groups (broad SMARTS) is 1. The molecule has 1 saturated heterocycles. The van der Waals surface area contributed by atoms with Crippen LogP contribution in [0.2, 0.25) is 0 Å². The van der Waals surface area contributed by atoms with Crippen LogP contribution in [0, 0.1) is 68.0 Å². The van der Waals surface area contributed by atoms with Gasteiger partial charge in [-0.15, -0.1) is 0 Å². The Morgan fingerprint density at radius 1 is 0.836 bits per heavy atom. The predicted octanol–water partition coefficient (Wildman–Crippen LogP) is 9.04. The summed E-state index contributed by atoms with van der Waals surface area (Å²) in [6, 6.07) is 8.73. The number of ketones is 1. The summed E-state index contributed by atoms with van der Waals surface area (Å²) in [5, 5.41) is 13.5. The number of hydrogen-bond acceptors (Lipinski definition) is 8. The van der Waals surface area contributed by atoms with Gasteiger partial charge in [-0.25, -0.2) is 8.42 Å². The van der Waals surface area contributed by atoms with Gasteiger partial charge in [0.05, 0.1) is 23.3 Å². The van der Waals surface area contributed by atoms with Gasteiger partial charge < -0.3 is 15.2 Å². The highest BCUT2D eigenvalue weighted by molar-refractivity contribution is 7.91. The number of hydrogen-bond donors (Lipinski definition) is 2. The molecule has 5 saturated carbocycles. The smallest absolute Gasteiger partial charge is 0.309 e. The number of allylic oxidation sites excluding steroid dienone is 2. The van der Waals surface area contributed by atoms with Crippen molar-refractivity contribution < 1.29 is 32.6 Å². The molecular formula is C51H76N2O7S. The van der Waals surface area contributed by atoms with Gasteiger partial charge in [-0.2, -0.15) is 0 Å². The van der Waals surface area contributed by atoms with E-state index in [9.17, 15) is 27.9 Å². The van der Waals surface area contributed by atoms with Crippen LogP contribution in [0.5, 0.6) is 0 Å². The summed E-state index contributed by atoms with van der Waals surface area (Å²) in [7, 11) is -2.88. The normalized spacial score (nSPS) is 40.0. The Labute approximate surface area is 366 Å². The molecule has 10 atom stereocenters. The van der Waals surface area contributed by atoms with Gasteiger partial charge in [0.1, 0.15) is 6.10 Å². The highest BCUT2D eigenvalue weighted by atomic mass is 32.2. The van der Waals surface area contributed by atoms with E-state index in [0.717, 1.165) is 76.6 Å². The third-order valence-electron chi connectivity index (χ3n) is 19.6. The number of sulfone groups is 1. The Hall–Kier alpha value is -2.56. The molecule has 6 fully saturated rings. The molecule has 1 aromatic carbocycles. The van der Waals surface area contributed by atoms with Crippen LogP contribution in [0.25, 0.3) is 0 Å². The van der Waals surface area contributed by atoms with Crippen molar-refractivity contribution >= 4 is 27.6 Å². The van der Waals surface area contributed by atoms with E-state index in [0.29, 0.717) is 49.5 Å². The second kappa shape index (κ2) is 15.6. The fraction of sp³-hybridized carbons (Fsp3) is 0.784. The summed E-state index contributed by atoms with van der Waals surface area (Å²) in [4.78, 5) is 41.9. The van der Waals surface area contributed by atoms with E-state index in [1.165, 1.54) is 23.1 Å². The van der Waals surface area contributed by atoms with Gasteiger partial charge >= 0.3 is 11.9 Å². The molecule has 9 nitrogen and oxygen atoms in total. The van der Waals surface area contributed by atoms with Crippen LogP contribution in [0.3, 0.4) is 0 Å². The number of carbonyl (C=O) groups is 3. The molecule has 0 aromatic heterocycles. The summed E-state index contributed by atoms with van der Waals surface area (Å²) in [5.41, 5.74) is 4.60. The standard InChI is InChI=1S/C51H76N2O7S/c1-32(2)42-38(54)29-51(22-23-52-30-33-10-12-34(13-11-33)31-53-24-26-61(58,59)27-25-53)21-20-49(8)35(43(42)51)14-15-40-48(7)18-17-41(47(5,6)39(48)16-19-50(40,49)9)60-45(57)37-28-36(44(55)56)46(37,3)4/h10-13,32,35-37,39-41,52H,14-31H2,1-9H3,(H,55,56)/t35-,36+,37-,39+,40-,41+,48+,49-,50-,51-/m1/s1. The molecule has 61 heavy (non-hydrogen) atoms. The van der Waals surface area contributed by atoms with Crippen LogP contribution in [-0.4, -0.2) is 73.4 Å². The van der Waals surface area contributed by atoms with Crippen molar-refractivity contribution in [2.24, 2.45) is 68.0 Å². The van der Waals surface area contributed by atoms with E-state index < -0.39 is 27.1 Å². The Bertz CT molecular complexity index is 2040. The number of aliphatic carboxylic acids is 1. The first kappa shape index (κ1) is 45.0. The lowest BCUT2D eigenvalue weighted by molar-refractivity contribution is -0.236. The lowest BCUT2D eigenvalue weighted by Crippen LogP contribution is -2.66. The first-order chi connectivity index (χ1) is 28.5. The first-order valence-electron chi connectivity index (χ1n) is 23.9. The van der Waals surface area contributed by atoms with Crippen molar-refractivity contribution in [2.75, 3.05) is 31.1 Å². The van der Waals surface area contributed by atoms with E-state index >= 15 is 0 Å². The molecule has 338 valence electrons. The van der Waals surface area contributed by atoms with Crippen molar-refractivity contribution in [1.29, 1.82) is 0 Å². The highest BCUT2D eigenvalue weighted by Gasteiger charge is 2.70. The van der Waals surface area contributed by atoms with Crippen LogP contribution < -0.4 is 5.32 Å². The van der Waals surface area contributed by atoms with E-state index in [4.69, 9.17) is 4.74 Å². The third-order valence-corrected chi connectivity index (χ3v) is 21.2. The van der Waals surface area contributed by atoms with Crippen molar-refractivity contribution in [1.82, 2.24) is 10.2 Å². The Morgan fingerprint density at radius 2 is 1.51 bits per heavy atom. The van der Waals surface area contributed by atoms with Gasteiger partial charge in [0.25, 0.3) is 0 Å². The van der Waals surface area contributed by atoms with E-state index in [2.05, 4.69) is 82.9 Å². The monoisotopic (exact) mass is 861 g/mol. The molecule has 1 heterocycles. The molecule has 2 N–H and O–H groups in total. The summed E-state index contributed by atoms with van der Waals surface area (Å²) >= 11 is 0.